The lowest BCUT2D eigenvalue weighted by Crippen LogP contribution is -2.39. The van der Waals surface area contributed by atoms with Gasteiger partial charge in [-0.25, -0.2) is 0 Å². The highest BCUT2D eigenvalue weighted by molar-refractivity contribution is 5.78. The van der Waals surface area contributed by atoms with E-state index in [2.05, 4.69) is 19.2 Å². The molecule has 1 N–H and O–H groups in total. The molecule has 2 aliphatic heterocycles. The molecule has 2 atom stereocenters. The van der Waals surface area contributed by atoms with Crippen LogP contribution in [0.4, 0.5) is 0 Å². The van der Waals surface area contributed by atoms with Gasteiger partial charge in [-0.3, -0.25) is 4.79 Å². The van der Waals surface area contributed by atoms with Crippen molar-refractivity contribution in [3.63, 3.8) is 0 Å². The Bertz CT molecular complexity index is 264. The fourth-order valence-electron chi connectivity index (χ4n) is 2.88. The van der Waals surface area contributed by atoms with Crippen LogP contribution in [0.25, 0.3) is 0 Å². The van der Waals surface area contributed by atoms with Crippen LogP contribution in [0.2, 0.25) is 0 Å². The van der Waals surface area contributed by atoms with Crippen molar-refractivity contribution in [2.24, 2.45) is 5.92 Å². The molecule has 0 spiro atoms. The minimum atomic E-state index is 0.167. The summed E-state index contributed by atoms with van der Waals surface area (Å²) in [4.78, 5) is 14.0. The lowest BCUT2D eigenvalue weighted by Gasteiger charge is -2.25. The minimum absolute atomic E-state index is 0.167. The number of hydrogen-bond donors (Lipinski definition) is 1. The van der Waals surface area contributed by atoms with Gasteiger partial charge in [-0.05, 0) is 45.2 Å². The molecule has 0 aromatic rings. The number of likely N-dealkylation sites (tertiary alicyclic amines) is 1. The molecule has 2 unspecified atom stereocenters. The predicted molar refractivity (Wildman–Crippen MR) is 66.8 cm³/mol. The number of piperidine rings is 1. The van der Waals surface area contributed by atoms with Crippen molar-refractivity contribution >= 4 is 5.91 Å². The molecule has 4 nitrogen and oxygen atoms in total. The largest absolute Gasteiger partial charge is 0.368 e. The molecule has 0 saturated carbocycles. The number of nitrogens with zero attached hydrogens (tertiary/aromatic N) is 1. The summed E-state index contributed by atoms with van der Waals surface area (Å²) in [6.07, 6.45) is 3.45. The maximum Gasteiger partial charge on any atom is 0.248 e. The van der Waals surface area contributed by atoms with E-state index < -0.39 is 0 Å². The Balaban J connectivity index is 1.73. The van der Waals surface area contributed by atoms with Crippen LogP contribution < -0.4 is 5.32 Å². The van der Waals surface area contributed by atoms with Crippen molar-refractivity contribution in [3.05, 3.63) is 0 Å². The molecule has 0 aromatic carbocycles. The molecule has 0 aliphatic carbocycles. The van der Waals surface area contributed by atoms with Crippen LogP contribution >= 0.6 is 0 Å². The summed E-state index contributed by atoms with van der Waals surface area (Å²) in [7, 11) is 0. The fourth-order valence-corrected chi connectivity index (χ4v) is 2.88. The molecule has 98 valence electrons. The molecule has 0 bridgehead atoms. The Morgan fingerprint density at radius 3 is 2.65 bits per heavy atom. The first-order chi connectivity index (χ1) is 8.16. The number of ether oxygens (including phenoxy) is 1. The van der Waals surface area contributed by atoms with Gasteiger partial charge in [0.25, 0.3) is 0 Å². The summed E-state index contributed by atoms with van der Waals surface area (Å²) in [5, 5.41) is 3.29. The highest BCUT2D eigenvalue weighted by Crippen LogP contribution is 2.22. The molecule has 2 heterocycles. The first-order valence-electron chi connectivity index (χ1n) is 6.78. The van der Waals surface area contributed by atoms with Crippen LogP contribution in [0.3, 0.4) is 0 Å². The molecule has 2 fully saturated rings. The Morgan fingerprint density at radius 1 is 1.35 bits per heavy atom. The zero-order chi connectivity index (χ0) is 12.3. The molecule has 17 heavy (non-hydrogen) atoms. The lowest BCUT2D eigenvalue weighted by atomic mass is 10.1. The quantitative estimate of drug-likeness (QED) is 0.800. The number of carbonyl (C=O) groups is 1. The van der Waals surface area contributed by atoms with Gasteiger partial charge >= 0.3 is 0 Å². The number of carbonyl (C=O) groups excluding carboxylic acids is 1. The second kappa shape index (κ2) is 5.83. The van der Waals surface area contributed by atoms with E-state index in [-0.39, 0.29) is 18.6 Å². The first-order valence-corrected chi connectivity index (χ1v) is 6.78. The summed E-state index contributed by atoms with van der Waals surface area (Å²) < 4.78 is 5.71. The Morgan fingerprint density at radius 2 is 2.06 bits per heavy atom. The average molecular weight is 240 g/mol. The van der Waals surface area contributed by atoms with Crippen LogP contribution in [0.1, 0.15) is 33.1 Å². The molecule has 2 rings (SSSR count). The van der Waals surface area contributed by atoms with Crippen LogP contribution in [-0.2, 0) is 9.53 Å². The van der Waals surface area contributed by atoms with E-state index in [1.165, 1.54) is 0 Å². The SMILES string of the molecule is CC1CC(C)N(C(=O)COC2CCNCC2)C1. The van der Waals surface area contributed by atoms with Crippen LogP contribution in [-0.4, -0.2) is 49.2 Å². The van der Waals surface area contributed by atoms with E-state index >= 15 is 0 Å². The van der Waals surface area contributed by atoms with Crippen molar-refractivity contribution in [3.8, 4) is 0 Å². The van der Waals surface area contributed by atoms with E-state index in [4.69, 9.17) is 4.74 Å². The number of amides is 1. The van der Waals surface area contributed by atoms with E-state index in [9.17, 15) is 4.79 Å². The van der Waals surface area contributed by atoms with Gasteiger partial charge in [0.05, 0.1) is 6.10 Å². The second-order valence-electron chi connectivity index (χ2n) is 5.50. The molecular weight excluding hydrogens is 216 g/mol. The van der Waals surface area contributed by atoms with E-state index in [0.717, 1.165) is 38.9 Å². The third-order valence-electron chi connectivity index (χ3n) is 3.83. The highest BCUT2D eigenvalue weighted by atomic mass is 16.5. The van der Waals surface area contributed by atoms with Crippen LogP contribution in [0.5, 0.6) is 0 Å². The van der Waals surface area contributed by atoms with Gasteiger partial charge in [-0.15, -0.1) is 0 Å². The lowest BCUT2D eigenvalue weighted by molar-refractivity contribution is -0.139. The van der Waals surface area contributed by atoms with Gasteiger partial charge in [0.1, 0.15) is 6.61 Å². The summed E-state index contributed by atoms with van der Waals surface area (Å²) in [6.45, 7) is 7.52. The average Bonchev–Trinajstić information content (AvgIpc) is 2.67. The molecule has 2 saturated heterocycles. The van der Waals surface area contributed by atoms with Crippen molar-refractivity contribution < 1.29 is 9.53 Å². The van der Waals surface area contributed by atoms with Gasteiger partial charge in [0.15, 0.2) is 0 Å². The first kappa shape index (κ1) is 12.8. The summed E-state index contributed by atoms with van der Waals surface area (Å²) in [5.41, 5.74) is 0. The molecule has 0 radical (unpaired) electrons. The number of hydrogen-bond acceptors (Lipinski definition) is 3. The Hall–Kier alpha value is -0.610. The fraction of sp³-hybridized carbons (Fsp3) is 0.923. The van der Waals surface area contributed by atoms with Crippen LogP contribution in [0.15, 0.2) is 0 Å². The zero-order valence-electron chi connectivity index (χ0n) is 10.9. The molecule has 0 aromatic heterocycles. The third kappa shape index (κ3) is 3.42. The van der Waals surface area contributed by atoms with Crippen molar-refractivity contribution in [1.82, 2.24) is 10.2 Å². The molecule has 1 amide bonds. The van der Waals surface area contributed by atoms with E-state index in [0.29, 0.717) is 12.0 Å². The van der Waals surface area contributed by atoms with E-state index in [1.54, 1.807) is 0 Å². The van der Waals surface area contributed by atoms with Crippen molar-refractivity contribution in [2.75, 3.05) is 26.2 Å². The third-order valence-corrected chi connectivity index (χ3v) is 3.83. The van der Waals surface area contributed by atoms with Gasteiger partial charge in [-0.2, -0.15) is 0 Å². The van der Waals surface area contributed by atoms with E-state index in [1.807, 2.05) is 4.90 Å². The second-order valence-corrected chi connectivity index (χ2v) is 5.50. The number of nitrogens with one attached hydrogen (secondary N) is 1. The topological polar surface area (TPSA) is 41.6 Å². The minimum Gasteiger partial charge on any atom is -0.368 e. The maximum atomic E-state index is 12.0. The van der Waals surface area contributed by atoms with Gasteiger partial charge < -0.3 is 15.0 Å². The summed E-state index contributed by atoms with van der Waals surface area (Å²) in [6, 6.07) is 0.383. The Kier molecular flexibility index (Phi) is 4.40. The zero-order valence-corrected chi connectivity index (χ0v) is 10.9. The number of rotatable bonds is 3. The molecule has 4 heteroatoms. The molecule has 2 aliphatic rings. The smallest absolute Gasteiger partial charge is 0.248 e. The van der Waals surface area contributed by atoms with Crippen LogP contribution in [0, 0.1) is 5.92 Å². The Labute approximate surface area is 104 Å². The molecular formula is C13H24N2O2. The predicted octanol–water partition coefficient (Wildman–Crippen LogP) is 1.01. The standard InChI is InChI=1S/C13H24N2O2/c1-10-7-11(2)15(8-10)13(16)9-17-12-3-5-14-6-4-12/h10-12,14H,3-9H2,1-2H3. The maximum absolute atomic E-state index is 12.0. The normalized spacial score (nSPS) is 30.8. The van der Waals surface area contributed by atoms with Gasteiger partial charge in [0, 0.05) is 12.6 Å². The highest BCUT2D eigenvalue weighted by Gasteiger charge is 2.30. The summed E-state index contributed by atoms with van der Waals surface area (Å²) >= 11 is 0. The monoisotopic (exact) mass is 240 g/mol. The van der Waals surface area contributed by atoms with Crippen molar-refractivity contribution in [2.45, 2.75) is 45.3 Å². The van der Waals surface area contributed by atoms with Crippen molar-refractivity contribution in [1.29, 1.82) is 0 Å². The van der Waals surface area contributed by atoms with Gasteiger partial charge in [0.2, 0.25) is 5.91 Å². The summed E-state index contributed by atoms with van der Waals surface area (Å²) in [5.74, 6) is 0.799. The van der Waals surface area contributed by atoms with Gasteiger partial charge in [-0.1, -0.05) is 6.92 Å².